The van der Waals surface area contributed by atoms with Crippen LogP contribution in [-0.4, -0.2) is 61.6 Å². The number of hydrogen-bond acceptors (Lipinski definition) is 7. The lowest BCUT2D eigenvalue weighted by molar-refractivity contribution is -0.00643. The largest absolute Gasteiger partial charge is 0.479 e. The molecule has 4 rings (SSSR count). The van der Waals surface area contributed by atoms with Crippen LogP contribution in [0.5, 0.6) is 5.88 Å². The number of aliphatic hydroxyl groups is 1. The summed E-state index contributed by atoms with van der Waals surface area (Å²) in [5, 5.41) is 17.9. The Balaban J connectivity index is 1.57. The zero-order chi connectivity index (χ0) is 21.3. The first-order valence-electron chi connectivity index (χ1n) is 9.47. The zero-order valence-corrected chi connectivity index (χ0v) is 17.6. The van der Waals surface area contributed by atoms with Gasteiger partial charge in [0.15, 0.2) is 5.13 Å². The summed E-state index contributed by atoms with van der Waals surface area (Å²) in [6.45, 7) is 0.863. The molecule has 0 radical (unpaired) electrons. The van der Waals surface area contributed by atoms with Crippen LogP contribution in [0.25, 0.3) is 21.3 Å². The molecule has 0 bridgehead atoms. The predicted molar refractivity (Wildman–Crippen MR) is 114 cm³/mol. The number of rotatable bonds is 4. The van der Waals surface area contributed by atoms with Crippen LogP contribution in [0, 0.1) is 12.3 Å². The van der Waals surface area contributed by atoms with E-state index < -0.39 is 5.60 Å². The minimum atomic E-state index is -0.890. The van der Waals surface area contributed by atoms with Crippen molar-refractivity contribution in [1.82, 2.24) is 24.6 Å². The number of piperidine rings is 1. The van der Waals surface area contributed by atoms with E-state index in [9.17, 15) is 9.90 Å². The van der Waals surface area contributed by atoms with E-state index >= 15 is 0 Å². The average molecular weight is 427 g/mol. The Labute approximate surface area is 177 Å². The van der Waals surface area contributed by atoms with Crippen molar-refractivity contribution in [3.8, 4) is 29.4 Å². The van der Waals surface area contributed by atoms with Crippen molar-refractivity contribution >= 4 is 32.7 Å². The molecule has 0 aliphatic carbocycles. The van der Waals surface area contributed by atoms with Crippen LogP contribution in [-0.2, 0) is 7.05 Å². The van der Waals surface area contributed by atoms with Gasteiger partial charge in [0.2, 0.25) is 5.88 Å². The van der Waals surface area contributed by atoms with E-state index in [1.807, 2.05) is 13.2 Å². The molecule has 4 heterocycles. The molecule has 0 spiro atoms. The van der Waals surface area contributed by atoms with Crippen LogP contribution in [0.1, 0.15) is 19.3 Å². The second kappa shape index (κ2) is 7.93. The summed E-state index contributed by atoms with van der Waals surface area (Å²) in [5.41, 5.74) is 1.47. The van der Waals surface area contributed by atoms with Gasteiger partial charge < -0.3 is 14.7 Å². The number of hydrogen-bond donors (Lipinski definition) is 2. The summed E-state index contributed by atoms with van der Waals surface area (Å²) in [7, 11) is 3.38. The van der Waals surface area contributed by atoms with Crippen LogP contribution in [0.4, 0.5) is 9.93 Å². The highest BCUT2D eigenvalue weighted by molar-refractivity contribution is 7.23. The van der Waals surface area contributed by atoms with E-state index in [-0.39, 0.29) is 6.03 Å². The molecule has 3 aromatic rings. The van der Waals surface area contributed by atoms with Crippen LogP contribution >= 0.6 is 11.3 Å². The van der Waals surface area contributed by atoms with Crippen LogP contribution in [0.3, 0.4) is 0 Å². The number of terminal acetylenes is 1. The summed E-state index contributed by atoms with van der Waals surface area (Å²) in [6, 6.07) is -0.258. The van der Waals surface area contributed by atoms with Crippen molar-refractivity contribution in [2.24, 2.45) is 7.05 Å². The quantitative estimate of drug-likeness (QED) is 0.621. The molecule has 2 N–H and O–H groups in total. The first kappa shape index (κ1) is 20.1. The molecule has 0 aromatic carbocycles. The third-order valence-electron chi connectivity index (χ3n) is 5.22. The summed E-state index contributed by atoms with van der Waals surface area (Å²) in [4.78, 5) is 23.3. The molecule has 0 saturated carbocycles. The maximum Gasteiger partial charge on any atom is 0.323 e. The van der Waals surface area contributed by atoms with Gasteiger partial charge in [-0.15, -0.1) is 12.3 Å². The smallest absolute Gasteiger partial charge is 0.323 e. The Morgan fingerprint density at radius 3 is 2.83 bits per heavy atom. The van der Waals surface area contributed by atoms with E-state index in [0.717, 1.165) is 15.8 Å². The summed E-state index contributed by atoms with van der Waals surface area (Å²) in [5.74, 6) is 2.90. The molecule has 0 atom stereocenters. The Bertz CT molecular complexity index is 1120. The van der Waals surface area contributed by atoms with Gasteiger partial charge in [0, 0.05) is 50.1 Å². The van der Waals surface area contributed by atoms with Gasteiger partial charge in [0.25, 0.3) is 0 Å². The van der Waals surface area contributed by atoms with Gasteiger partial charge in [-0.2, -0.15) is 5.10 Å². The maximum absolute atomic E-state index is 12.7. The summed E-state index contributed by atoms with van der Waals surface area (Å²) >= 11 is 1.36. The fraction of sp³-hybridized carbons (Fsp3) is 0.400. The van der Waals surface area contributed by atoms with Crippen molar-refractivity contribution in [2.45, 2.75) is 24.9 Å². The van der Waals surface area contributed by atoms with Crippen molar-refractivity contribution < 1.29 is 14.6 Å². The van der Waals surface area contributed by atoms with Gasteiger partial charge in [0.05, 0.1) is 23.6 Å². The molecular weight excluding hydrogens is 404 g/mol. The van der Waals surface area contributed by atoms with Crippen LogP contribution in [0.15, 0.2) is 18.6 Å². The number of likely N-dealkylation sites (tertiary alicyclic amines) is 1. The number of nitrogens with zero attached hydrogens (tertiary/aromatic N) is 5. The number of urea groups is 1. The van der Waals surface area contributed by atoms with Crippen LogP contribution < -0.4 is 10.1 Å². The van der Waals surface area contributed by atoms with Gasteiger partial charge >= 0.3 is 6.03 Å². The number of aryl methyl sites for hydroxylation is 1. The maximum atomic E-state index is 12.7. The minimum Gasteiger partial charge on any atom is -0.479 e. The Kier molecular flexibility index (Phi) is 5.32. The summed E-state index contributed by atoms with van der Waals surface area (Å²) in [6.07, 6.45) is 11.9. The van der Waals surface area contributed by atoms with Gasteiger partial charge in [-0.1, -0.05) is 11.3 Å². The topological polar surface area (TPSA) is 105 Å². The molecule has 1 aliphatic rings. The molecule has 1 saturated heterocycles. The number of fused-ring (bicyclic) bond motifs is 1. The van der Waals surface area contributed by atoms with Gasteiger partial charge in [-0.05, 0) is 12.8 Å². The number of carbonyl (C=O) groups is 1. The second-order valence-corrected chi connectivity index (χ2v) is 8.30. The van der Waals surface area contributed by atoms with Crippen molar-refractivity contribution in [3.05, 3.63) is 18.6 Å². The molecule has 1 aliphatic heterocycles. The van der Waals surface area contributed by atoms with Crippen molar-refractivity contribution in [2.75, 3.05) is 25.5 Å². The van der Waals surface area contributed by atoms with Gasteiger partial charge in [0.1, 0.15) is 5.52 Å². The standard InChI is InChI=1S/C20H22N6O3S/c1-4-5-20(28)6-8-26(9-7-20)19(27)24-18-23-15-16(30-18)14(11-21-17(15)29-3)13-10-22-25(2)12-13/h1,10-12,28H,5-9H2,2-3H3,(H,23,24,27). The lowest BCUT2D eigenvalue weighted by atomic mass is 9.89. The zero-order valence-electron chi connectivity index (χ0n) is 16.8. The number of thiazole rings is 1. The van der Waals surface area contributed by atoms with E-state index in [2.05, 4.69) is 26.3 Å². The Morgan fingerprint density at radius 2 is 2.20 bits per heavy atom. The molecule has 9 nitrogen and oxygen atoms in total. The molecule has 3 aromatic heterocycles. The average Bonchev–Trinajstić information content (AvgIpc) is 3.33. The van der Waals surface area contributed by atoms with Crippen molar-refractivity contribution in [3.63, 3.8) is 0 Å². The highest BCUT2D eigenvalue weighted by Gasteiger charge is 2.33. The number of pyridine rings is 1. The minimum absolute atomic E-state index is 0.258. The number of anilines is 1. The number of aromatic nitrogens is 4. The first-order valence-corrected chi connectivity index (χ1v) is 10.3. The molecular formula is C20H22N6O3S. The van der Waals surface area contributed by atoms with Gasteiger partial charge in [-0.25, -0.2) is 14.8 Å². The molecule has 10 heteroatoms. The number of nitrogens with one attached hydrogen (secondary N) is 1. The van der Waals surface area contributed by atoms with Gasteiger partial charge in [-0.3, -0.25) is 10.00 Å². The highest BCUT2D eigenvalue weighted by Crippen LogP contribution is 2.38. The molecule has 2 amide bonds. The third kappa shape index (κ3) is 3.81. The monoisotopic (exact) mass is 426 g/mol. The van der Waals surface area contributed by atoms with E-state index in [1.54, 1.807) is 22.0 Å². The number of methoxy groups -OCH3 is 1. The number of carbonyl (C=O) groups excluding carboxylic acids is 1. The fourth-order valence-corrected chi connectivity index (χ4v) is 4.50. The normalized spacial score (nSPS) is 15.7. The molecule has 156 valence electrons. The first-order chi connectivity index (χ1) is 14.4. The van der Waals surface area contributed by atoms with Crippen LogP contribution in [0.2, 0.25) is 0 Å². The third-order valence-corrected chi connectivity index (χ3v) is 6.22. The fourth-order valence-electron chi connectivity index (χ4n) is 3.52. The van der Waals surface area contributed by atoms with E-state index in [0.29, 0.717) is 48.9 Å². The molecule has 30 heavy (non-hydrogen) atoms. The molecule has 0 unspecified atom stereocenters. The Hall–Kier alpha value is -3.16. The Morgan fingerprint density at radius 1 is 1.43 bits per heavy atom. The highest BCUT2D eigenvalue weighted by atomic mass is 32.1. The van der Waals surface area contributed by atoms with E-state index in [1.165, 1.54) is 18.4 Å². The predicted octanol–water partition coefficient (Wildman–Crippen LogP) is 2.48. The summed E-state index contributed by atoms with van der Waals surface area (Å²) < 4.78 is 7.92. The number of ether oxygens (including phenoxy) is 1. The lowest BCUT2D eigenvalue weighted by Crippen LogP contribution is -2.47. The second-order valence-electron chi connectivity index (χ2n) is 7.30. The van der Waals surface area contributed by atoms with Crippen molar-refractivity contribution in [1.29, 1.82) is 0 Å². The lowest BCUT2D eigenvalue weighted by Gasteiger charge is -2.36. The molecule has 1 fully saturated rings. The van der Waals surface area contributed by atoms with E-state index in [4.69, 9.17) is 11.2 Å². The SMILES string of the molecule is C#CCC1(O)CCN(C(=O)Nc2nc3c(OC)ncc(-c4cnn(C)c4)c3s2)CC1. The number of amides is 2.